The second-order valence-corrected chi connectivity index (χ2v) is 5.42. The Labute approximate surface area is 128 Å². The second kappa shape index (κ2) is 8.84. The number of unbranched alkanes of at least 4 members (excludes halogenated alkanes) is 3. The SMILES string of the molecule is CCCCCCOc1c(Br)cc(CC(=O)[O-])cc1OC. The zero-order valence-corrected chi connectivity index (χ0v) is 13.5. The van der Waals surface area contributed by atoms with Gasteiger partial charge in [0.1, 0.15) is 0 Å². The summed E-state index contributed by atoms with van der Waals surface area (Å²) in [6, 6.07) is 3.39. The van der Waals surface area contributed by atoms with Crippen molar-refractivity contribution in [1.82, 2.24) is 0 Å². The third-order valence-corrected chi connectivity index (χ3v) is 3.47. The Morgan fingerprint density at radius 3 is 2.65 bits per heavy atom. The summed E-state index contributed by atoms with van der Waals surface area (Å²) in [5.74, 6) is 0.0319. The fourth-order valence-electron chi connectivity index (χ4n) is 1.89. The molecule has 0 unspecified atom stereocenters. The van der Waals surface area contributed by atoms with Crippen molar-refractivity contribution < 1.29 is 19.4 Å². The maximum atomic E-state index is 10.6. The van der Waals surface area contributed by atoms with Gasteiger partial charge in [0.25, 0.3) is 0 Å². The van der Waals surface area contributed by atoms with Crippen LogP contribution in [0, 0.1) is 0 Å². The molecule has 1 aromatic rings. The normalized spacial score (nSPS) is 10.3. The van der Waals surface area contributed by atoms with Crippen LogP contribution in [0.3, 0.4) is 0 Å². The number of hydrogen-bond donors (Lipinski definition) is 0. The summed E-state index contributed by atoms with van der Waals surface area (Å²) in [5, 5.41) is 10.6. The first kappa shape index (κ1) is 16.8. The van der Waals surface area contributed by atoms with E-state index in [-0.39, 0.29) is 6.42 Å². The average Bonchev–Trinajstić information content (AvgIpc) is 2.39. The molecule has 1 rings (SSSR count). The van der Waals surface area contributed by atoms with Crippen molar-refractivity contribution >= 4 is 21.9 Å². The van der Waals surface area contributed by atoms with Gasteiger partial charge >= 0.3 is 0 Å². The number of rotatable bonds is 9. The van der Waals surface area contributed by atoms with E-state index in [9.17, 15) is 9.90 Å². The van der Waals surface area contributed by atoms with Crippen molar-refractivity contribution in [2.24, 2.45) is 0 Å². The number of halogens is 1. The molecule has 0 aliphatic heterocycles. The minimum atomic E-state index is -1.12. The summed E-state index contributed by atoms with van der Waals surface area (Å²) >= 11 is 3.39. The van der Waals surface area contributed by atoms with Crippen LogP contribution in [0.15, 0.2) is 16.6 Å². The topological polar surface area (TPSA) is 58.6 Å². The fourth-order valence-corrected chi connectivity index (χ4v) is 2.49. The molecule has 0 fully saturated rings. The Kier molecular flexibility index (Phi) is 7.44. The van der Waals surface area contributed by atoms with Crippen LogP contribution in [0.2, 0.25) is 0 Å². The molecular formula is C15H20BrO4-. The lowest BCUT2D eigenvalue weighted by molar-refractivity contribution is -0.304. The van der Waals surface area contributed by atoms with E-state index in [0.717, 1.165) is 12.8 Å². The Hall–Kier alpha value is -1.23. The molecule has 0 aliphatic rings. The zero-order valence-electron chi connectivity index (χ0n) is 11.9. The number of ether oxygens (including phenoxy) is 2. The third-order valence-electron chi connectivity index (χ3n) is 2.88. The molecule has 0 amide bonds. The largest absolute Gasteiger partial charge is 0.550 e. The lowest BCUT2D eigenvalue weighted by atomic mass is 10.1. The van der Waals surface area contributed by atoms with Gasteiger partial charge in [-0.15, -0.1) is 0 Å². The zero-order chi connectivity index (χ0) is 15.0. The van der Waals surface area contributed by atoms with Crippen LogP contribution in [0.1, 0.15) is 38.2 Å². The number of aliphatic carboxylic acids is 1. The molecule has 0 spiro atoms. The number of benzene rings is 1. The lowest BCUT2D eigenvalue weighted by Gasteiger charge is -2.14. The van der Waals surface area contributed by atoms with Crippen LogP contribution >= 0.6 is 15.9 Å². The average molecular weight is 344 g/mol. The quantitative estimate of drug-likeness (QED) is 0.647. The molecule has 0 bridgehead atoms. The van der Waals surface area contributed by atoms with Crippen molar-refractivity contribution in [1.29, 1.82) is 0 Å². The predicted molar refractivity (Wildman–Crippen MR) is 79.0 cm³/mol. The number of hydrogen-bond acceptors (Lipinski definition) is 4. The van der Waals surface area contributed by atoms with Gasteiger partial charge < -0.3 is 19.4 Å². The van der Waals surface area contributed by atoms with E-state index in [1.165, 1.54) is 20.0 Å². The highest BCUT2D eigenvalue weighted by Crippen LogP contribution is 2.36. The van der Waals surface area contributed by atoms with Crippen molar-refractivity contribution in [3.63, 3.8) is 0 Å². The van der Waals surface area contributed by atoms with Crippen molar-refractivity contribution in [2.45, 2.75) is 39.0 Å². The van der Waals surface area contributed by atoms with Gasteiger partial charge in [0.2, 0.25) is 0 Å². The van der Waals surface area contributed by atoms with Gasteiger partial charge in [-0.3, -0.25) is 0 Å². The second-order valence-electron chi connectivity index (χ2n) is 4.57. The monoisotopic (exact) mass is 343 g/mol. The molecule has 112 valence electrons. The van der Waals surface area contributed by atoms with E-state index in [2.05, 4.69) is 22.9 Å². The molecule has 0 saturated heterocycles. The molecule has 0 radical (unpaired) electrons. The van der Waals surface area contributed by atoms with Crippen LogP contribution in [0.25, 0.3) is 0 Å². The van der Waals surface area contributed by atoms with E-state index < -0.39 is 5.97 Å². The summed E-state index contributed by atoms with van der Waals surface area (Å²) < 4.78 is 11.7. The molecule has 0 heterocycles. The van der Waals surface area contributed by atoms with Gasteiger partial charge in [-0.1, -0.05) is 26.2 Å². The molecule has 0 N–H and O–H groups in total. The van der Waals surface area contributed by atoms with E-state index in [1.807, 2.05) is 0 Å². The molecule has 5 heteroatoms. The smallest absolute Gasteiger partial charge is 0.175 e. The first-order valence-electron chi connectivity index (χ1n) is 6.77. The Bertz CT molecular complexity index is 446. The van der Waals surface area contributed by atoms with Gasteiger partial charge in [0.05, 0.1) is 18.2 Å². The maximum absolute atomic E-state index is 10.6. The fraction of sp³-hybridized carbons (Fsp3) is 0.533. The first-order valence-corrected chi connectivity index (χ1v) is 7.56. The van der Waals surface area contributed by atoms with Crippen molar-refractivity contribution in [3.05, 3.63) is 22.2 Å². The number of carboxylic acids is 1. The molecule has 20 heavy (non-hydrogen) atoms. The van der Waals surface area contributed by atoms with E-state index in [1.54, 1.807) is 12.1 Å². The molecule has 0 aliphatic carbocycles. The minimum Gasteiger partial charge on any atom is -0.550 e. The number of carbonyl (C=O) groups is 1. The Morgan fingerprint density at radius 1 is 1.30 bits per heavy atom. The van der Waals surface area contributed by atoms with Gasteiger partial charge in [-0.05, 0) is 40.0 Å². The molecule has 4 nitrogen and oxygen atoms in total. The van der Waals surface area contributed by atoms with E-state index in [4.69, 9.17) is 9.47 Å². The lowest BCUT2D eigenvalue weighted by Crippen LogP contribution is -2.24. The van der Waals surface area contributed by atoms with Gasteiger partial charge in [0.15, 0.2) is 11.5 Å². The van der Waals surface area contributed by atoms with Crippen LogP contribution < -0.4 is 14.6 Å². The third kappa shape index (κ3) is 5.41. The number of methoxy groups -OCH3 is 1. The summed E-state index contributed by atoms with van der Waals surface area (Å²) in [7, 11) is 1.54. The van der Waals surface area contributed by atoms with Crippen LogP contribution in [0.4, 0.5) is 0 Å². The van der Waals surface area contributed by atoms with E-state index >= 15 is 0 Å². The number of carbonyl (C=O) groups excluding carboxylic acids is 1. The van der Waals surface area contributed by atoms with Gasteiger partial charge in [0, 0.05) is 12.4 Å². The molecule has 0 aromatic heterocycles. The highest BCUT2D eigenvalue weighted by molar-refractivity contribution is 9.10. The van der Waals surface area contributed by atoms with Gasteiger partial charge in [-0.2, -0.15) is 0 Å². The molecular weight excluding hydrogens is 324 g/mol. The summed E-state index contributed by atoms with van der Waals surface area (Å²) in [4.78, 5) is 10.6. The van der Waals surface area contributed by atoms with Crippen LogP contribution in [0.5, 0.6) is 11.5 Å². The van der Waals surface area contributed by atoms with Crippen molar-refractivity contribution in [3.8, 4) is 11.5 Å². The van der Waals surface area contributed by atoms with E-state index in [0.29, 0.717) is 28.1 Å². The van der Waals surface area contributed by atoms with Crippen LogP contribution in [-0.4, -0.2) is 19.7 Å². The predicted octanol–water partition coefficient (Wildman–Crippen LogP) is 2.71. The molecule has 0 saturated carbocycles. The standard InChI is InChI=1S/C15H21BrO4/c1-3-4-5-6-7-20-15-12(16)8-11(10-14(17)18)9-13(15)19-2/h8-9H,3-7,10H2,1-2H3,(H,17,18)/p-1. The Balaban J connectivity index is 2.72. The minimum absolute atomic E-state index is 0.147. The number of carboxylic acid groups (broad SMARTS) is 1. The molecule has 0 atom stereocenters. The molecule has 1 aromatic carbocycles. The van der Waals surface area contributed by atoms with Crippen molar-refractivity contribution in [2.75, 3.05) is 13.7 Å². The van der Waals surface area contributed by atoms with Gasteiger partial charge in [-0.25, -0.2) is 0 Å². The summed E-state index contributed by atoms with van der Waals surface area (Å²) in [6.07, 6.45) is 4.37. The summed E-state index contributed by atoms with van der Waals surface area (Å²) in [6.45, 7) is 2.78. The Morgan fingerprint density at radius 2 is 2.05 bits per heavy atom. The highest BCUT2D eigenvalue weighted by Gasteiger charge is 2.11. The maximum Gasteiger partial charge on any atom is 0.175 e. The summed E-state index contributed by atoms with van der Waals surface area (Å²) in [5.41, 5.74) is 0.618. The van der Waals surface area contributed by atoms with Crippen LogP contribution in [-0.2, 0) is 11.2 Å². The highest BCUT2D eigenvalue weighted by atomic mass is 79.9. The first-order chi connectivity index (χ1) is 9.58.